The van der Waals surface area contributed by atoms with Crippen molar-refractivity contribution in [1.82, 2.24) is 9.55 Å². The number of para-hydroxylation sites is 1. The second-order valence-electron chi connectivity index (χ2n) is 4.76. The van der Waals surface area contributed by atoms with Gasteiger partial charge >= 0.3 is 0 Å². The lowest BCUT2D eigenvalue weighted by Gasteiger charge is -2.07. The highest BCUT2D eigenvalue weighted by Gasteiger charge is 2.14. The van der Waals surface area contributed by atoms with Crippen molar-refractivity contribution in [2.24, 2.45) is 0 Å². The maximum Gasteiger partial charge on any atom is 0.206 e. The van der Waals surface area contributed by atoms with E-state index >= 15 is 0 Å². The van der Waals surface area contributed by atoms with Crippen LogP contribution >= 0.6 is 0 Å². The van der Waals surface area contributed by atoms with Gasteiger partial charge in [-0.1, -0.05) is 19.1 Å². The van der Waals surface area contributed by atoms with Crippen LogP contribution in [0.2, 0.25) is 0 Å². The summed E-state index contributed by atoms with van der Waals surface area (Å²) in [5.74, 6) is 0.687. The van der Waals surface area contributed by atoms with Gasteiger partial charge < -0.3 is 10.5 Å². The predicted octanol–water partition coefficient (Wildman–Crippen LogP) is 3.54. The second-order valence-corrected chi connectivity index (χ2v) is 4.76. The molecule has 0 fully saturated rings. The molecule has 21 heavy (non-hydrogen) atoms. The van der Waals surface area contributed by atoms with E-state index in [0.717, 1.165) is 11.9 Å². The fraction of sp³-hybridized carbons (Fsp3) is 0.188. The number of nitrogen functional groups attached to an aromatic ring is 1. The first-order chi connectivity index (χ1) is 10.2. The molecular weight excluding hydrogens is 269 g/mol. The molecule has 1 aromatic heterocycles. The molecule has 108 valence electrons. The molecule has 0 unspecified atom stereocenters. The molecular formula is C16H16FN3O. The van der Waals surface area contributed by atoms with E-state index in [-0.39, 0.29) is 5.82 Å². The van der Waals surface area contributed by atoms with Crippen LogP contribution in [0.1, 0.15) is 13.3 Å². The average Bonchev–Trinajstić information content (AvgIpc) is 2.81. The molecule has 0 aliphatic rings. The zero-order chi connectivity index (χ0) is 14.8. The number of imidazole rings is 1. The Morgan fingerprint density at radius 3 is 2.81 bits per heavy atom. The number of aromatic nitrogens is 2. The first kappa shape index (κ1) is 13.4. The van der Waals surface area contributed by atoms with Crippen LogP contribution in [0.3, 0.4) is 0 Å². The highest BCUT2D eigenvalue weighted by molar-refractivity contribution is 5.86. The van der Waals surface area contributed by atoms with Crippen LogP contribution in [0.25, 0.3) is 16.7 Å². The van der Waals surface area contributed by atoms with E-state index in [1.807, 2.05) is 25.1 Å². The molecule has 3 rings (SSSR count). The number of anilines is 1. The van der Waals surface area contributed by atoms with E-state index < -0.39 is 0 Å². The van der Waals surface area contributed by atoms with E-state index in [0.29, 0.717) is 29.5 Å². The van der Waals surface area contributed by atoms with Crippen LogP contribution in [-0.2, 0) is 0 Å². The number of hydrogen-bond acceptors (Lipinski definition) is 3. The monoisotopic (exact) mass is 285 g/mol. The average molecular weight is 285 g/mol. The predicted molar refractivity (Wildman–Crippen MR) is 81.2 cm³/mol. The number of rotatable bonds is 4. The summed E-state index contributed by atoms with van der Waals surface area (Å²) in [4.78, 5) is 4.37. The van der Waals surface area contributed by atoms with E-state index in [2.05, 4.69) is 4.98 Å². The van der Waals surface area contributed by atoms with Crippen molar-refractivity contribution in [3.8, 4) is 11.4 Å². The van der Waals surface area contributed by atoms with Crippen LogP contribution in [-0.4, -0.2) is 16.2 Å². The molecule has 0 bridgehead atoms. The highest BCUT2D eigenvalue weighted by Crippen LogP contribution is 2.29. The van der Waals surface area contributed by atoms with Crippen molar-refractivity contribution in [3.05, 3.63) is 48.3 Å². The van der Waals surface area contributed by atoms with Gasteiger partial charge in [-0.25, -0.2) is 9.37 Å². The molecule has 0 saturated heterocycles. The molecule has 0 atom stereocenters. The lowest BCUT2D eigenvalue weighted by Crippen LogP contribution is -2.00. The number of nitrogens with two attached hydrogens (primary N) is 1. The minimum atomic E-state index is -0.313. The SMILES string of the molecule is CCCOc1cccc2c1nc(N)n2-c1cccc(F)c1. The third kappa shape index (κ3) is 2.42. The lowest BCUT2D eigenvalue weighted by atomic mass is 10.2. The maximum atomic E-state index is 13.4. The topological polar surface area (TPSA) is 53.1 Å². The molecule has 0 spiro atoms. The van der Waals surface area contributed by atoms with Crippen molar-refractivity contribution in [2.45, 2.75) is 13.3 Å². The summed E-state index contributed by atoms with van der Waals surface area (Å²) in [6.45, 7) is 2.66. The molecule has 0 aliphatic carbocycles. The normalized spacial score (nSPS) is 11.0. The van der Waals surface area contributed by atoms with Crippen LogP contribution in [0, 0.1) is 5.82 Å². The Bertz CT molecular complexity index is 782. The second kappa shape index (κ2) is 5.44. The molecule has 5 heteroatoms. The van der Waals surface area contributed by atoms with Crippen molar-refractivity contribution < 1.29 is 9.13 Å². The zero-order valence-corrected chi connectivity index (χ0v) is 11.7. The van der Waals surface area contributed by atoms with Crippen molar-refractivity contribution in [1.29, 1.82) is 0 Å². The Kier molecular flexibility index (Phi) is 3.48. The van der Waals surface area contributed by atoms with E-state index in [1.54, 1.807) is 16.7 Å². The van der Waals surface area contributed by atoms with Gasteiger partial charge in [0, 0.05) is 0 Å². The Balaban J connectivity index is 2.18. The summed E-state index contributed by atoms with van der Waals surface area (Å²) in [5, 5.41) is 0. The summed E-state index contributed by atoms with van der Waals surface area (Å²) in [6, 6.07) is 11.9. The highest BCUT2D eigenvalue weighted by atomic mass is 19.1. The van der Waals surface area contributed by atoms with Gasteiger partial charge in [0.25, 0.3) is 0 Å². The minimum absolute atomic E-state index is 0.308. The third-order valence-corrected chi connectivity index (χ3v) is 3.20. The quantitative estimate of drug-likeness (QED) is 0.797. The molecule has 4 nitrogen and oxygen atoms in total. The summed E-state index contributed by atoms with van der Waals surface area (Å²) >= 11 is 0. The molecule has 1 heterocycles. The molecule has 0 aliphatic heterocycles. The van der Waals surface area contributed by atoms with Crippen molar-refractivity contribution >= 4 is 17.0 Å². The molecule has 2 N–H and O–H groups in total. The summed E-state index contributed by atoms with van der Waals surface area (Å²) in [5.41, 5.74) is 8.13. The van der Waals surface area contributed by atoms with Gasteiger partial charge in [0.05, 0.1) is 17.8 Å². The van der Waals surface area contributed by atoms with E-state index in [4.69, 9.17) is 10.5 Å². The minimum Gasteiger partial charge on any atom is -0.491 e. The van der Waals surface area contributed by atoms with Crippen molar-refractivity contribution in [3.63, 3.8) is 0 Å². The summed E-state index contributed by atoms with van der Waals surface area (Å²) in [7, 11) is 0. The number of nitrogens with zero attached hydrogens (tertiary/aromatic N) is 2. The number of halogens is 1. The Morgan fingerprint density at radius 1 is 1.24 bits per heavy atom. The van der Waals surface area contributed by atoms with Crippen LogP contribution in [0.4, 0.5) is 10.3 Å². The Morgan fingerprint density at radius 2 is 2.05 bits per heavy atom. The number of benzene rings is 2. The zero-order valence-electron chi connectivity index (χ0n) is 11.7. The number of hydrogen-bond donors (Lipinski definition) is 1. The van der Waals surface area contributed by atoms with Gasteiger partial charge in [0.15, 0.2) is 0 Å². The van der Waals surface area contributed by atoms with Gasteiger partial charge in [-0.05, 0) is 36.8 Å². The lowest BCUT2D eigenvalue weighted by molar-refractivity contribution is 0.320. The van der Waals surface area contributed by atoms with Crippen molar-refractivity contribution in [2.75, 3.05) is 12.3 Å². The molecule has 0 amide bonds. The van der Waals surface area contributed by atoms with E-state index in [1.165, 1.54) is 12.1 Å². The Hall–Kier alpha value is -2.56. The van der Waals surface area contributed by atoms with E-state index in [9.17, 15) is 4.39 Å². The van der Waals surface area contributed by atoms with Gasteiger partial charge in [-0.3, -0.25) is 4.57 Å². The fourth-order valence-corrected chi connectivity index (χ4v) is 2.31. The molecule has 3 aromatic rings. The van der Waals surface area contributed by atoms with Gasteiger partial charge in [0.2, 0.25) is 5.95 Å². The first-order valence-electron chi connectivity index (χ1n) is 6.86. The van der Waals surface area contributed by atoms with Gasteiger partial charge in [-0.15, -0.1) is 0 Å². The maximum absolute atomic E-state index is 13.4. The standard InChI is InChI=1S/C16H16FN3O/c1-2-9-21-14-8-4-7-13-15(14)19-16(18)20(13)12-6-3-5-11(17)10-12/h3-8,10H,2,9H2,1H3,(H2,18,19). The largest absolute Gasteiger partial charge is 0.491 e. The summed E-state index contributed by atoms with van der Waals surface area (Å²) < 4.78 is 20.8. The molecule has 2 aromatic carbocycles. The first-order valence-corrected chi connectivity index (χ1v) is 6.86. The van der Waals surface area contributed by atoms with Gasteiger partial charge in [0.1, 0.15) is 17.1 Å². The van der Waals surface area contributed by atoms with Crippen LogP contribution < -0.4 is 10.5 Å². The molecule has 0 saturated carbocycles. The number of fused-ring (bicyclic) bond motifs is 1. The van der Waals surface area contributed by atoms with Gasteiger partial charge in [-0.2, -0.15) is 0 Å². The van der Waals surface area contributed by atoms with Crippen LogP contribution in [0.15, 0.2) is 42.5 Å². The number of ether oxygens (including phenoxy) is 1. The summed E-state index contributed by atoms with van der Waals surface area (Å²) in [6.07, 6.45) is 0.913. The Labute approximate surface area is 122 Å². The third-order valence-electron chi connectivity index (χ3n) is 3.20. The molecule has 0 radical (unpaired) electrons. The fourth-order valence-electron chi connectivity index (χ4n) is 2.31. The van der Waals surface area contributed by atoms with Crippen LogP contribution in [0.5, 0.6) is 5.75 Å². The smallest absolute Gasteiger partial charge is 0.206 e.